The normalized spacial score (nSPS) is 10.8. The maximum atomic E-state index is 11.6. The van der Waals surface area contributed by atoms with Crippen molar-refractivity contribution in [3.8, 4) is 22.8 Å². The van der Waals surface area contributed by atoms with Crippen LogP contribution < -0.4 is 10.1 Å². The van der Waals surface area contributed by atoms with Gasteiger partial charge in [0.25, 0.3) is 0 Å². The number of rotatable bonds is 5. The molecule has 4 aromatic rings. The average molecular weight is 399 g/mol. The fraction of sp³-hybridized carbons (Fsp3) is 0.130. The highest BCUT2D eigenvalue weighted by atomic mass is 16.5. The van der Waals surface area contributed by atoms with Gasteiger partial charge in [-0.2, -0.15) is 0 Å². The number of amides is 1. The van der Waals surface area contributed by atoms with Crippen molar-refractivity contribution >= 4 is 22.6 Å². The second-order valence-corrected chi connectivity index (χ2v) is 6.89. The molecule has 1 amide bonds. The zero-order valence-corrected chi connectivity index (χ0v) is 17.0. The Morgan fingerprint density at radius 3 is 2.80 bits per heavy atom. The van der Waals surface area contributed by atoms with E-state index in [1.165, 1.54) is 6.08 Å². The van der Waals surface area contributed by atoms with E-state index in [0.29, 0.717) is 11.5 Å². The minimum atomic E-state index is -0.272. The number of fused-ring (bicyclic) bond motifs is 1. The lowest BCUT2D eigenvalue weighted by molar-refractivity contribution is -0.111. The van der Waals surface area contributed by atoms with E-state index in [1.807, 2.05) is 36.6 Å². The number of aryl methyl sites for hydroxylation is 1. The zero-order valence-electron chi connectivity index (χ0n) is 17.0. The van der Waals surface area contributed by atoms with Crippen LogP contribution in [0.1, 0.15) is 11.1 Å². The van der Waals surface area contributed by atoms with Gasteiger partial charge in [0.1, 0.15) is 12.1 Å². The molecule has 2 aromatic heterocycles. The van der Waals surface area contributed by atoms with Crippen LogP contribution in [0.2, 0.25) is 0 Å². The molecule has 30 heavy (non-hydrogen) atoms. The summed E-state index contributed by atoms with van der Waals surface area (Å²) in [7, 11) is 1.66. The van der Waals surface area contributed by atoms with Gasteiger partial charge in [0, 0.05) is 11.3 Å². The van der Waals surface area contributed by atoms with Crippen molar-refractivity contribution in [1.82, 2.24) is 19.5 Å². The molecule has 1 N–H and O–H groups in total. The molecule has 0 atom stereocenters. The molecule has 0 aliphatic rings. The molecule has 0 spiro atoms. The number of methoxy groups -OCH3 is 1. The largest absolute Gasteiger partial charge is 0.496 e. The fourth-order valence-electron chi connectivity index (χ4n) is 3.26. The van der Waals surface area contributed by atoms with Gasteiger partial charge in [0.15, 0.2) is 5.82 Å². The first-order valence-corrected chi connectivity index (χ1v) is 9.38. The molecule has 0 saturated carbocycles. The summed E-state index contributed by atoms with van der Waals surface area (Å²) in [5, 5.41) is 2.77. The van der Waals surface area contributed by atoms with Crippen LogP contribution in [0.4, 0.5) is 5.69 Å². The number of nitrogens with one attached hydrogen (secondary N) is 1. The molecule has 0 unspecified atom stereocenters. The van der Waals surface area contributed by atoms with E-state index in [9.17, 15) is 4.79 Å². The molecule has 0 radical (unpaired) electrons. The minimum Gasteiger partial charge on any atom is -0.496 e. The van der Waals surface area contributed by atoms with Crippen LogP contribution in [0.3, 0.4) is 0 Å². The Bertz CT molecular complexity index is 1280. The van der Waals surface area contributed by atoms with E-state index in [-0.39, 0.29) is 5.91 Å². The molecule has 0 aliphatic heterocycles. The van der Waals surface area contributed by atoms with E-state index in [0.717, 1.165) is 39.2 Å². The van der Waals surface area contributed by atoms with Crippen molar-refractivity contribution in [2.75, 3.05) is 12.4 Å². The third-order valence-electron chi connectivity index (χ3n) is 5.00. The van der Waals surface area contributed by atoms with Crippen LogP contribution in [0.5, 0.6) is 5.75 Å². The lowest BCUT2D eigenvalue weighted by Crippen LogP contribution is -2.07. The standard InChI is InChI=1S/C23H21N5O2/c1-5-23(29)26-17-6-7-18-20(10-17)28(13-25-18)22-12-24-11-19(27-22)16-8-14(2)15(3)21(9-16)30-4/h5-13H,1H2,2-4H3,(H,26,29). The van der Waals surface area contributed by atoms with Crippen molar-refractivity contribution in [3.63, 3.8) is 0 Å². The van der Waals surface area contributed by atoms with Crippen molar-refractivity contribution in [2.45, 2.75) is 13.8 Å². The molecule has 4 rings (SSSR count). The highest BCUT2D eigenvalue weighted by Crippen LogP contribution is 2.29. The zero-order chi connectivity index (χ0) is 21.3. The predicted molar refractivity (Wildman–Crippen MR) is 117 cm³/mol. The van der Waals surface area contributed by atoms with Crippen LogP contribution in [0, 0.1) is 13.8 Å². The van der Waals surface area contributed by atoms with E-state index >= 15 is 0 Å². The third kappa shape index (κ3) is 3.53. The number of carbonyl (C=O) groups is 1. The number of aromatic nitrogens is 4. The lowest BCUT2D eigenvalue weighted by Gasteiger charge is -2.11. The summed E-state index contributed by atoms with van der Waals surface area (Å²) >= 11 is 0. The maximum Gasteiger partial charge on any atom is 0.247 e. The summed E-state index contributed by atoms with van der Waals surface area (Å²) in [5.41, 5.74) is 6.11. The monoisotopic (exact) mass is 399 g/mol. The Hall–Kier alpha value is -4.00. The maximum absolute atomic E-state index is 11.6. The Morgan fingerprint density at radius 2 is 2.03 bits per heavy atom. The Kier molecular flexibility index (Phi) is 5.02. The molecule has 2 heterocycles. The van der Waals surface area contributed by atoms with Gasteiger partial charge in [0.2, 0.25) is 5.91 Å². The Morgan fingerprint density at radius 1 is 1.20 bits per heavy atom. The molecule has 0 aliphatic carbocycles. The summed E-state index contributed by atoms with van der Waals surface area (Å²) in [4.78, 5) is 25.2. The van der Waals surface area contributed by atoms with E-state index in [4.69, 9.17) is 9.72 Å². The van der Waals surface area contributed by atoms with Crippen LogP contribution in [-0.2, 0) is 4.79 Å². The van der Waals surface area contributed by atoms with Gasteiger partial charge >= 0.3 is 0 Å². The summed E-state index contributed by atoms with van der Waals surface area (Å²) < 4.78 is 7.34. The van der Waals surface area contributed by atoms with Gasteiger partial charge in [-0.05, 0) is 61.4 Å². The summed E-state index contributed by atoms with van der Waals surface area (Å²) in [6.07, 6.45) is 6.33. The summed E-state index contributed by atoms with van der Waals surface area (Å²) in [6.45, 7) is 7.55. The van der Waals surface area contributed by atoms with Crippen LogP contribution in [-0.4, -0.2) is 32.5 Å². The van der Waals surface area contributed by atoms with Gasteiger partial charge in [-0.3, -0.25) is 14.3 Å². The molecular weight excluding hydrogens is 378 g/mol. The van der Waals surface area contributed by atoms with Crippen LogP contribution in [0.15, 0.2) is 61.7 Å². The third-order valence-corrected chi connectivity index (χ3v) is 5.00. The van der Waals surface area contributed by atoms with Crippen LogP contribution >= 0.6 is 0 Å². The predicted octanol–water partition coefficient (Wildman–Crippen LogP) is 4.23. The van der Waals surface area contributed by atoms with E-state index in [2.05, 4.69) is 27.9 Å². The van der Waals surface area contributed by atoms with Crippen molar-refractivity contribution in [3.05, 3.63) is 72.8 Å². The van der Waals surface area contributed by atoms with Crippen LogP contribution in [0.25, 0.3) is 28.1 Å². The molecule has 0 bridgehead atoms. The number of anilines is 1. The van der Waals surface area contributed by atoms with E-state index in [1.54, 1.807) is 31.9 Å². The smallest absolute Gasteiger partial charge is 0.247 e. The summed E-state index contributed by atoms with van der Waals surface area (Å²) in [6, 6.07) is 9.52. The molecule has 7 heteroatoms. The Balaban J connectivity index is 1.78. The number of imidazole rings is 1. The minimum absolute atomic E-state index is 0.272. The Labute approximate surface area is 174 Å². The van der Waals surface area contributed by atoms with Gasteiger partial charge in [-0.25, -0.2) is 9.97 Å². The molecular formula is C23H21N5O2. The SMILES string of the molecule is C=CC(=O)Nc1ccc2ncn(-c3cncc(-c4cc(C)c(C)c(OC)c4)n3)c2c1. The topological polar surface area (TPSA) is 81.9 Å². The van der Waals surface area contributed by atoms with Gasteiger partial charge in [-0.15, -0.1) is 0 Å². The summed E-state index contributed by atoms with van der Waals surface area (Å²) in [5.74, 6) is 1.16. The molecule has 7 nitrogen and oxygen atoms in total. The first-order valence-electron chi connectivity index (χ1n) is 9.38. The number of hydrogen-bond acceptors (Lipinski definition) is 5. The van der Waals surface area contributed by atoms with Crippen molar-refractivity contribution < 1.29 is 9.53 Å². The second-order valence-electron chi connectivity index (χ2n) is 6.89. The average Bonchev–Trinajstić information content (AvgIpc) is 3.18. The second kappa shape index (κ2) is 7.79. The number of hydrogen-bond donors (Lipinski definition) is 1. The van der Waals surface area contributed by atoms with Gasteiger partial charge in [0.05, 0.1) is 36.2 Å². The highest BCUT2D eigenvalue weighted by Gasteiger charge is 2.12. The van der Waals surface area contributed by atoms with Gasteiger partial charge < -0.3 is 10.1 Å². The number of benzene rings is 2. The van der Waals surface area contributed by atoms with Crippen molar-refractivity contribution in [2.24, 2.45) is 0 Å². The fourth-order valence-corrected chi connectivity index (χ4v) is 3.26. The van der Waals surface area contributed by atoms with Gasteiger partial charge in [-0.1, -0.05) is 6.58 Å². The first kappa shape index (κ1) is 19.3. The number of nitrogens with zero attached hydrogens (tertiary/aromatic N) is 4. The molecule has 2 aromatic carbocycles. The first-order chi connectivity index (χ1) is 14.5. The molecule has 150 valence electrons. The lowest BCUT2D eigenvalue weighted by atomic mass is 10.0. The quantitative estimate of drug-likeness (QED) is 0.508. The number of carbonyl (C=O) groups excluding carboxylic acids is 1. The molecule has 0 saturated heterocycles. The molecule has 0 fully saturated rings. The highest BCUT2D eigenvalue weighted by molar-refractivity contribution is 6.00. The van der Waals surface area contributed by atoms with Crippen molar-refractivity contribution in [1.29, 1.82) is 0 Å². The number of ether oxygens (including phenoxy) is 1. The van der Waals surface area contributed by atoms with E-state index < -0.39 is 0 Å².